The van der Waals surface area contributed by atoms with Crippen LogP contribution in [0, 0.1) is 0 Å². The van der Waals surface area contributed by atoms with E-state index in [0.29, 0.717) is 25.3 Å². The Labute approximate surface area is 159 Å². The molecule has 1 heterocycles. The highest BCUT2D eigenvalue weighted by atomic mass is 16.5. The summed E-state index contributed by atoms with van der Waals surface area (Å²) in [6, 6.07) is 14.3. The number of carbonyl (C=O) groups excluding carboxylic acids is 1. The maximum absolute atomic E-state index is 12.7. The minimum Gasteiger partial charge on any atom is -0.497 e. The Kier molecular flexibility index (Phi) is 4.84. The van der Waals surface area contributed by atoms with Crippen molar-refractivity contribution in [1.29, 1.82) is 0 Å². The molecule has 4 rings (SSSR count). The van der Waals surface area contributed by atoms with Crippen molar-refractivity contribution in [3.05, 3.63) is 59.4 Å². The van der Waals surface area contributed by atoms with Crippen molar-refractivity contribution < 1.29 is 9.53 Å². The highest BCUT2D eigenvalue weighted by molar-refractivity contribution is 5.78. The molecule has 1 aliphatic rings. The molecule has 0 fully saturated rings. The summed E-state index contributed by atoms with van der Waals surface area (Å²) in [6.45, 7) is 0.657. The van der Waals surface area contributed by atoms with Crippen LogP contribution in [-0.2, 0) is 17.6 Å². The molecule has 1 atom stereocenters. The van der Waals surface area contributed by atoms with Gasteiger partial charge in [-0.05, 0) is 42.0 Å². The maximum Gasteiger partial charge on any atom is 0.222 e. The number of methoxy groups -OCH3 is 1. The van der Waals surface area contributed by atoms with Crippen LogP contribution in [0.5, 0.6) is 5.75 Å². The summed E-state index contributed by atoms with van der Waals surface area (Å²) in [5.74, 6) is 2.26. The van der Waals surface area contributed by atoms with Gasteiger partial charge in [-0.1, -0.05) is 24.3 Å². The number of ether oxygens (including phenoxy) is 1. The van der Waals surface area contributed by atoms with Gasteiger partial charge in [0, 0.05) is 32.5 Å². The summed E-state index contributed by atoms with van der Waals surface area (Å²) >= 11 is 0. The van der Waals surface area contributed by atoms with E-state index in [9.17, 15) is 4.79 Å². The fourth-order valence-electron chi connectivity index (χ4n) is 3.91. The Balaban J connectivity index is 1.35. The quantitative estimate of drug-likeness (QED) is 0.727. The number of fused-ring (bicyclic) bond motifs is 2. The van der Waals surface area contributed by atoms with Crippen LogP contribution in [0.15, 0.2) is 42.5 Å². The van der Waals surface area contributed by atoms with Crippen LogP contribution >= 0.6 is 0 Å². The van der Waals surface area contributed by atoms with E-state index in [-0.39, 0.29) is 5.91 Å². The molecule has 5 nitrogen and oxygen atoms in total. The lowest BCUT2D eigenvalue weighted by Gasteiger charge is -2.19. The lowest BCUT2D eigenvalue weighted by molar-refractivity contribution is -0.130. The van der Waals surface area contributed by atoms with E-state index in [4.69, 9.17) is 4.74 Å². The zero-order valence-corrected chi connectivity index (χ0v) is 15.9. The third-order valence-electron chi connectivity index (χ3n) is 5.53. The maximum atomic E-state index is 12.7. The second-order valence-corrected chi connectivity index (χ2v) is 7.27. The van der Waals surface area contributed by atoms with E-state index in [1.807, 2.05) is 30.1 Å². The van der Waals surface area contributed by atoms with Crippen LogP contribution < -0.4 is 4.74 Å². The third-order valence-corrected chi connectivity index (χ3v) is 5.53. The Morgan fingerprint density at radius 1 is 1.30 bits per heavy atom. The molecule has 2 aromatic carbocycles. The predicted molar refractivity (Wildman–Crippen MR) is 106 cm³/mol. The first-order chi connectivity index (χ1) is 13.1. The summed E-state index contributed by atoms with van der Waals surface area (Å²) in [5, 5.41) is 0. The number of imidazole rings is 1. The molecular weight excluding hydrogens is 338 g/mol. The third kappa shape index (κ3) is 3.68. The number of nitrogens with one attached hydrogen (secondary N) is 1. The summed E-state index contributed by atoms with van der Waals surface area (Å²) in [7, 11) is 3.54. The Morgan fingerprint density at radius 3 is 3.00 bits per heavy atom. The standard InChI is InChI=1S/C22H25N3O2/c1-25(22(26)13-16-8-7-15-5-3-4-6-18(15)16)12-11-21-23-19-10-9-17(27-2)14-20(19)24-21/h3-6,9-10,14,16H,7-8,11-13H2,1-2H3,(H,23,24)/t16-/m1/s1. The van der Waals surface area contributed by atoms with E-state index >= 15 is 0 Å². The number of nitrogens with zero attached hydrogens (tertiary/aromatic N) is 2. The first-order valence-corrected chi connectivity index (χ1v) is 9.48. The molecule has 140 valence electrons. The fourth-order valence-corrected chi connectivity index (χ4v) is 3.91. The monoisotopic (exact) mass is 363 g/mol. The number of amides is 1. The van der Waals surface area contributed by atoms with Gasteiger partial charge < -0.3 is 14.6 Å². The number of aromatic nitrogens is 2. The van der Waals surface area contributed by atoms with Gasteiger partial charge in [-0.25, -0.2) is 4.98 Å². The highest BCUT2D eigenvalue weighted by Gasteiger charge is 2.25. The largest absolute Gasteiger partial charge is 0.497 e. The Hall–Kier alpha value is -2.82. The molecule has 5 heteroatoms. The molecule has 0 aliphatic heterocycles. The number of H-pyrrole nitrogens is 1. The fraction of sp³-hybridized carbons (Fsp3) is 0.364. The van der Waals surface area contributed by atoms with Crippen molar-refractivity contribution in [2.24, 2.45) is 0 Å². The van der Waals surface area contributed by atoms with Gasteiger partial charge in [0.05, 0.1) is 18.1 Å². The van der Waals surface area contributed by atoms with Gasteiger partial charge >= 0.3 is 0 Å². The average molecular weight is 363 g/mol. The van der Waals surface area contributed by atoms with E-state index in [1.165, 1.54) is 11.1 Å². The average Bonchev–Trinajstić information content (AvgIpc) is 3.29. The second kappa shape index (κ2) is 7.43. The van der Waals surface area contributed by atoms with Crippen LogP contribution in [-0.4, -0.2) is 41.5 Å². The van der Waals surface area contributed by atoms with Crippen LogP contribution in [0.3, 0.4) is 0 Å². The van der Waals surface area contributed by atoms with Crippen molar-refractivity contribution in [1.82, 2.24) is 14.9 Å². The zero-order valence-electron chi connectivity index (χ0n) is 15.9. The number of aromatic amines is 1. The molecule has 1 N–H and O–H groups in total. The lowest BCUT2D eigenvalue weighted by Crippen LogP contribution is -2.30. The Bertz CT molecular complexity index is 963. The predicted octanol–water partition coefficient (Wildman–Crippen LogP) is 3.69. The van der Waals surface area contributed by atoms with Crippen molar-refractivity contribution >= 4 is 16.9 Å². The number of carbonyl (C=O) groups is 1. The van der Waals surface area contributed by atoms with Crippen LogP contribution in [0.2, 0.25) is 0 Å². The number of hydrogen-bond donors (Lipinski definition) is 1. The van der Waals surface area contributed by atoms with Crippen molar-refractivity contribution in [2.75, 3.05) is 20.7 Å². The molecule has 0 unspecified atom stereocenters. The summed E-state index contributed by atoms with van der Waals surface area (Å²) in [6.07, 6.45) is 3.45. The number of aryl methyl sites for hydroxylation is 1. The normalized spacial score (nSPS) is 15.7. The number of rotatable bonds is 6. The summed E-state index contributed by atoms with van der Waals surface area (Å²) in [4.78, 5) is 22.4. The molecule has 1 aliphatic carbocycles. The smallest absolute Gasteiger partial charge is 0.222 e. The minimum atomic E-state index is 0.203. The van der Waals surface area contributed by atoms with Gasteiger partial charge in [0.2, 0.25) is 5.91 Å². The van der Waals surface area contributed by atoms with Gasteiger partial charge in [0.25, 0.3) is 0 Å². The van der Waals surface area contributed by atoms with E-state index in [0.717, 1.165) is 35.4 Å². The van der Waals surface area contributed by atoms with Gasteiger partial charge in [-0.3, -0.25) is 4.79 Å². The molecule has 1 aromatic heterocycles. The topological polar surface area (TPSA) is 58.2 Å². The SMILES string of the molecule is COc1ccc2nc(CCN(C)C(=O)C[C@H]3CCc4ccccc43)[nH]c2c1. The first kappa shape index (κ1) is 17.6. The Morgan fingerprint density at radius 2 is 2.15 bits per heavy atom. The van der Waals surface area contributed by atoms with Gasteiger partial charge in [0.15, 0.2) is 0 Å². The molecule has 0 saturated heterocycles. The van der Waals surface area contributed by atoms with Gasteiger partial charge in [0.1, 0.15) is 11.6 Å². The van der Waals surface area contributed by atoms with Crippen LogP contribution in [0.25, 0.3) is 11.0 Å². The summed E-state index contributed by atoms with van der Waals surface area (Å²) in [5.41, 5.74) is 4.63. The van der Waals surface area contributed by atoms with E-state index in [2.05, 4.69) is 34.2 Å². The van der Waals surface area contributed by atoms with Crippen molar-refractivity contribution in [3.63, 3.8) is 0 Å². The van der Waals surface area contributed by atoms with E-state index < -0.39 is 0 Å². The molecule has 0 radical (unpaired) electrons. The first-order valence-electron chi connectivity index (χ1n) is 9.48. The van der Waals surface area contributed by atoms with Gasteiger partial charge in [-0.2, -0.15) is 0 Å². The number of hydrogen-bond acceptors (Lipinski definition) is 3. The molecule has 3 aromatic rings. The molecule has 0 spiro atoms. The zero-order chi connectivity index (χ0) is 18.8. The lowest BCUT2D eigenvalue weighted by atomic mass is 9.97. The molecule has 0 saturated carbocycles. The van der Waals surface area contributed by atoms with E-state index in [1.54, 1.807) is 7.11 Å². The van der Waals surface area contributed by atoms with Crippen LogP contribution in [0.1, 0.15) is 35.7 Å². The molecule has 1 amide bonds. The van der Waals surface area contributed by atoms with Gasteiger partial charge in [-0.15, -0.1) is 0 Å². The molecular formula is C22H25N3O2. The van der Waals surface area contributed by atoms with Crippen LogP contribution in [0.4, 0.5) is 0 Å². The molecule has 0 bridgehead atoms. The van der Waals surface area contributed by atoms with Crippen molar-refractivity contribution in [3.8, 4) is 5.75 Å². The molecule has 27 heavy (non-hydrogen) atoms. The second-order valence-electron chi connectivity index (χ2n) is 7.27. The summed E-state index contributed by atoms with van der Waals surface area (Å²) < 4.78 is 5.25. The minimum absolute atomic E-state index is 0.203. The number of benzene rings is 2. The highest BCUT2D eigenvalue weighted by Crippen LogP contribution is 2.35. The van der Waals surface area contributed by atoms with Crippen molar-refractivity contribution in [2.45, 2.75) is 31.6 Å². The number of likely N-dealkylation sites (N-methyl/N-ethyl adjacent to an activating group) is 1.